The Morgan fingerprint density at radius 2 is 1.90 bits per heavy atom. The van der Waals surface area contributed by atoms with Crippen LogP contribution < -0.4 is 0 Å². The molecule has 116 valence electrons. The van der Waals surface area contributed by atoms with Crippen molar-refractivity contribution >= 4 is 22.7 Å². The third-order valence-corrected chi connectivity index (χ3v) is 4.58. The molecule has 2 atom stereocenters. The highest BCUT2D eigenvalue weighted by Crippen LogP contribution is 2.11. The van der Waals surface area contributed by atoms with Gasteiger partial charge in [0.2, 0.25) is 0 Å². The predicted octanol–water partition coefficient (Wildman–Crippen LogP) is 2.37. The summed E-state index contributed by atoms with van der Waals surface area (Å²) < 4.78 is 17.1. The van der Waals surface area contributed by atoms with E-state index >= 15 is 0 Å². The average Bonchev–Trinajstić information content (AvgIpc) is 2.47. The highest BCUT2D eigenvalue weighted by molar-refractivity contribution is 7.85. The highest BCUT2D eigenvalue weighted by atomic mass is 32.2. The predicted molar refractivity (Wildman–Crippen MR) is 80.6 cm³/mol. The number of ether oxygens (including phenoxy) is 1. The highest BCUT2D eigenvalue weighted by Gasteiger charge is 2.21. The van der Waals surface area contributed by atoms with Crippen LogP contribution in [0.1, 0.15) is 42.6 Å². The number of carboxylic acid groups (broad SMARTS) is 1. The molecular formula is C15H20O5S. The van der Waals surface area contributed by atoms with Crippen LogP contribution in [0, 0.1) is 0 Å². The van der Waals surface area contributed by atoms with E-state index in [-0.39, 0.29) is 11.3 Å². The minimum atomic E-state index is -1.39. The minimum absolute atomic E-state index is 0.177. The van der Waals surface area contributed by atoms with Gasteiger partial charge in [0, 0.05) is 16.6 Å². The normalized spacial score (nSPS) is 13.4. The van der Waals surface area contributed by atoms with Crippen molar-refractivity contribution in [3.63, 3.8) is 0 Å². The Bertz CT molecular complexity index is 509. The number of carboxylic acids is 1. The molecule has 0 aliphatic heterocycles. The van der Waals surface area contributed by atoms with E-state index in [9.17, 15) is 13.8 Å². The van der Waals surface area contributed by atoms with Gasteiger partial charge in [-0.15, -0.1) is 0 Å². The molecule has 0 saturated heterocycles. The SMILES string of the molecule is CCCCOC(=O)C(C)S(=O)Cc1ccc(C(=O)O)cc1. The number of hydrogen-bond donors (Lipinski definition) is 1. The molecule has 0 saturated carbocycles. The molecule has 21 heavy (non-hydrogen) atoms. The average molecular weight is 312 g/mol. The molecule has 0 heterocycles. The van der Waals surface area contributed by atoms with Crippen LogP contribution in [0.4, 0.5) is 0 Å². The molecule has 0 radical (unpaired) electrons. The lowest BCUT2D eigenvalue weighted by Gasteiger charge is -2.11. The molecule has 0 aromatic heterocycles. The first kappa shape index (κ1) is 17.4. The smallest absolute Gasteiger partial charge is 0.335 e. The van der Waals surface area contributed by atoms with Crippen molar-refractivity contribution in [1.82, 2.24) is 0 Å². The van der Waals surface area contributed by atoms with Crippen molar-refractivity contribution in [3.8, 4) is 0 Å². The second-order valence-corrected chi connectivity index (χ2v) is 6.45. The number of benzene rings is 1. The van der Waals surface area contributed by atoms with Gasteiger partial charge in [-0.1, -0.05) is 25.5 Å². The Kier molecular flexibility index (Phi) is 7.08. The molecule has 1 rings (SSSR count). The van der Waals surface area contributed by atoms with Gasteiger partial charge in [0.05, 0.1) is 12.2 Å². The van der Waals surface area contributed by atoms with Crippen molar-refractivity contribution in [2.75, 3.05) is 6.61 Å². The van der Waals surface area contributed by atoms with Gasteiger partial charge in [-0.3, -0.25) is 9.00 Å². The third kappa shape index (κ3) is 5.67. The number of carbonyl (C=O) groups is 2. The molecule has 6 heteroatoms. The van der Waals surface area contributed by atoms with E-state index in [0.29, 0.717) is 6.61 Å². The van der Waals surface area contributed by atoms with Crippen LogP contribution in [-0.4, -0.2) is 33.1 Å². The number of hydrogen-bond acceptors (Lipinski definition) is 4. The Morgan fingerprint density at radius 3 is 2.43 bits per heavy atom. The maximum atomic E-state index is 12.1. The number of esters is 1. The van der Waals surface area contributed by atoms with Gasteiger partial charge in [-0.05, 0) is 31.0 Å². The molecular weight excluding hydrogens is 292 g/mol. The molecule has 1 aromatic rings. The van der Waals surface area contributed by atoms with E-state index in [1.165, 1.54) is 12.1 Å². The molecule has 5 nitrogen and oxygen atoms in total. The summed E-state index contributed by atoms with van der Waals surface area (Å²) in [5, 5.41) is 8.11. The van der Waals surface area contributed by atoms with Gasteiger partial charge >= 0.3 is 11.9 Å². The van der Waals surface area contributed by atoms with Crippen LogP contribution in [0.15, 0.2) is 24.3 Å². The maximum Gasteiger partial charge on any atom is 0.335 e. The number of unbranched alkanes of at least 4 members (excludes halogenated alkanes) is 1. The topological polar surface area (TPSA) is 80.7 Å². The summed E-state index contributed by atoms with van der Waals surface area (Å²) in [7, 11) is -1.39. The summed E-state index contributed by atoms with van der Waals surface area (Å²) in [4.78, 5) is 22.4. The summed E-state index contributed by atoms with van der Waals surface area (Å²) >= 11 is 0. The fourth-order valence-corrected chi connectivity index (χ4v) is 2.63. The lowest BCUT2D eigenvalue weighted by atomic mass is 10.1. The summed E-state index contributed by atoms with van der Waals surface area (Å²) in [5.74, 6) is -1.26. The summed E-state index contributed by atoms with van der Waals surface area (Å²) in [6.07, 6.45) is 1.72. The summed E-state index contributed by atoms with van der Waals surface area (Å²) in [6, 6.07) is 6.13. The molecule has 1 N–H and O–H groups in total. The van der Waals surface area contributed by atoms with Crippen LogP contribution in [0.5, 0.6) is 0 Å². The van der Waals surface area contributed by atoms with Gasteiger partial charge in [-0.2, -0.15) is 0 Å². The zero-order valence-electron chi connectivity index (χ0n) is 12.2. The first-order chi connectivity index (χ1) is 9.95. The van der Waals surface area contributed by atoms with E-state index in [0.717, 1.165) is 18.4 Å². The van der Waals surface area contributed by atoms with Crippen molar-refractivity contribution in [1.29, 1.82) is 0 Å². The molecule has 0 fully saturated rings. The molecule has 1 aromatic carbocycles. The monoisotopic (exact) mass is 312 g/mol. The Hall–Kier alpha value is -1.69. The van der Waals surface area contributed by atoms with E-state index in [1.54, 1.807) is 19.1 Å². The lowest BCUT2D eigenvalue weighted by Crippen LogP contribution is -2.26. The molecule has 0 aliphatic rings. The second kappa shape index (κ2) is 8.56. The van der Waals surface area contributed by atoms with Crippen molar-refractivity contribution < 1.29 is 23.6 Å². The molecule has 0 aliphatic carbocycles. The van der Waals surface area contributed by atoms with E-state index in [1.807, 2.05) is 6.92 Å². The molecule has 0 amide bonds. The Morgan fingerprint density at radius 1 is 1.29 bits per heavy atom. The van der Waals surface area contributed by atoms with Crippen LogP contribution in [0.3, 0.4) is 0 Å². The van der Waals surface area contributed by atoms with Crippen LogP contribution in [-0.2, 0) is 26.1 Å². The van der Waals surface area contributed by atoms with Crippen molar-refractivity contribution in [3.05, 3.63) is 35.4 Å². The van der Waals surface area contributed by atoms with E-state index in [4.69, 9.17) is 9.84 Å². The zero-order chi connectivity index (χ0) is 15.8. The van der Waals surface area contributed by atoms with Gasteiger partial charge in [0.25, 0.3) is 0 Å². The lowest BCUT2D eigenvalue weighted by molar-refractivity contribution is -0.142. The van der Waals surface area contributed by atoms with Crippen LogP contribution in [0.2, 0.25) is 0 Å². The van der Waals surface area contributed by atoms with E-state index < -0.39 is 28.0 Å². The van der Waals surface area contributed by atoms with Crippen LogP contribution in [0.25, 0.3) is 0 Å². The Balaban J connectivity index is 2.55. The zero-order valence-corrected chi connectivity index (χ0v) is 13.0. The van der Waals surface area contributed by atoms with Crippen LogP contribution >= 0.6 is 0 Å². The minimum Gasteiger partial charge on any atom is -0.478 e. The summed E-state index contributed by atoms with van der Waals surface area (Å²) in [5.41, 5.74) is 0.906. The Labute approximate surface area is 126 Å². The van der Waals surface area contributed by atoms with Gasteiger partial charge in [-0.25, -0.2) is 4.79 Å². The van der Waals surface area contributed by atoms with Crippen molar-refractivity contribution in [2.45, 2.75) is 37.7 Å². The van der Waals surface area contributed by atoms with Crippen molar-refractivity contribution in [2.24, 2.45) is 0 Å². The first-order valence-corrected chi connectivity index (χ1v) is 8.20. The largest absolute Gasteiger partial charge is 0.478 e. The van der Waals surface area contributed by atoms with Gasteiger partial charge < -0.3 is 9.84 Å². The van der Waals surface area contributed by atoms with Gasteiger partial charge in [0.1, 0.15) is 5.25 Å². The molecule has 0 bridgehead atoms. The number of rotatable bonds is 8. The third-order valence-electron chi connectivity index (χ3n) is 2.98. The molecule has 2 unspecified atom stereocenters. The molecule has 0 spiro atoms. The second-order valence-electron chi connectivity index (χ2n) is 4.69. The van der Waals surface area contributed by atoms with E-state index in [2.05, 4.69) is 0 Å². The number of aromatic carboxylic acids is 1. The quantitative estimate of drug-likeness (QED) is 0.589. The standard InChI is InChI=1S/C15H20O5S/c1-3-4-9-20-15(18)11(2)21(19)10-12-5-7-13(8-6-12)14(16)17/h5-8,11H,3-4,9-10H2,1-2H3,(H,16,17). The van der Waals surface area contributed by atoms with Gasteiger partial charge in [0.15, 0.2) is 0 Å². The summed E-state index contributed by atoms with van der Waals surface area (Å²) in [6.45, 7) is 3.93. The first-order valence-electron chi connectivity index (χ1n) is 6.81. The fourth-order valence-electron chi connectivity index (χ4n) is 1.57. The fraction of sp³-hybridized carbons (Fsp3) is 0.467. The maximum absolute atomic E-state index is 12.1. The number of carbonyl (C=O) groups excluding carboxylic acids is 1.